The molecule has 0 bridgehead atoms. The van der Waals surface area contributed by atoms with Gasteiger partial charge in [-0.3, -0.25) is 9.59 Å². The zero-order valence-electron chi connectivity index (χ0n) is 29.6. The monoisotopic (exact) mass is 629 g/mol. The van der Waals surface area contributed by atoms with Crippen LogP contribution < -0.4 is 0 Å². The first kappa shape index (κ1) is 38.8. The molecular weight excluding hydrogens is 566 g/mol. The summed E-state index contributed by atoms with van der Waals surface area (Å²) in [5, 5.41) is 35.7. The molecule has 11 nitrogen and oxygen atoms in total. The maximum absolute atomic E-state index is 13.7. The molecule has 0 aromatic rings. The summed E-state index contributed by atoms with van der Waals surface area (Å²) >= 11 is 0. The number of nitrogens with zero attached hydrogens (tertiary/aromatic N) is 3. The maximum atomic E-state index is 13.7. The van der Waals surface area contributed by atoms with Gasteiger partial charge >= 0.3 is 11.9 Å². The molecule has 0 radical (unpaired) electrons. The molecule has 0 aromatic carbocycles. The van der Waals surface area contributed by atoms with Gasteiger partial charge in [0, 0.05) is 60.1 Å². The Morgan fingerprint density at radius 3 is 1.70 bits per heavy atom. The van der Waals surface area contributed by atoms with Crippen LogP contribution in [-0.2, 0) is 23.8 Å². The average molecular weight is 630 g/mol. The van der Waals surface area contributed by atoms with Crippen molar-refractivity contribution < 1.29 is 39.4 Å². The van der Waals surface area contributed by atoms with Gasteiger partial charge in [-0.25, -0.2) is 0 Å². The minimum atomic E-state index is -1.19. The SMILES string of the molecule is CCCC(CC(C)(C)N(O)CC)OC(=O)C(CCOC1CC(C)(C)N(O)C(C)(C)C1)C(=O)OC1CC(C)(C)N(O)C(C)(C)C1. The molecule has 0 amide bonds. The second-order valence-electron chi connectivity index (χ2n) is 16.2. The Morgan fingerprint density at radius 2 is 1.27 bits per heavy atom. The van der Waals surface area contributed by atoms with Crippen LogP contribution in [0.4, 0.5) is 0 Å². The third kappa shape index (κ3) is 9.83. The minimum absolute atomic E-state index is 0.0901. The van der Waals surface area contributed by atoms with Crippen LogP contribution in [0.5, 0.6) is 0 Å². The van der Waals surface area contributed by atoms with Crippen LogP contribution in [0.1, 0.15) is 134 Å². The van der Waals surface area contributed by atoms with Gasteiger partial charge in [0.05, 0.1) is 6.10 Å². The molecule has 2 unspecified atom stereocenters. The van der Waals surface area contributed by atoms with Gasteiger partial charge in [0.2, 0.25) is 0 Å². The van der Waals surface area contributed by atoms with Crippen LogP contribution in [0.15, 0.2) is 0 Å². The molecule has 2 aliphatic rings. The molecule has 3 N–H and O–H groups in total. The molecule has 258 valence electrons. The summed E-state index contributed by atoms with van der Waals surface area (Å²) in [4.78, 5) is 27.5. The smallest absolute Gasteiger partial charge is 0.320 e. The Kier molecular flexibility index (Phi) is 12.9. The lowest BCUT2D eigenvalue weighted by atomic mass is 9.80. The van der Waals surface area contributed by atoms with E-state index in [4.69, 9.17) is 14.2 Å². The number of ether oxygens (including phenoxy) is 3. The Hall–Kier alpha value is -1.34. The Bertz CT molecular complexity index is 931. The summed E-state index contributed by atoms with van der Waals surface area (Å²) in [5.74, 6) is -2.50. The lowest BCUT2D eigenvalue weighted by Crippen LogP contribution is -2.61. The van der Waals surface area contributed by atoms with E-state index < -0.39 is 57.8 Å². The zero-order chi connectivity index (χ0) is 33.9. The molecule has 0 spiro atoms. The van der Waals surface area contributed by atoms with E-state index in [0.717, 1.165) is 6.42 Å². The van der Waals surface area contributed by atoms with Crippen LogP contribution in [0, 0.1) is 5.92 Å². The largest absolute Gasteiger partial charge is 0.462 e. The highest BCUT2D eigenvalue weighted by Crippen LogP contribution is 2.39. The Labute approximate surface area is 266 Å². The molecule has 2 fully saturated rings. The fourth-order valence-corrected chi connectivity index (χ4v) is 7.35. The predicted octanol–water partition coefficient (Wildman–Crippen LogP) is 5.97. The number of hydrogen-bond acceptors (Lipinski definition) is 11. The molecular formula is C33H63N3O8. The highest BCUT2D eigenvalue weighted by molar-refractivity contribution is 5.95. The van der Waals surface area contributed by atoms with Crippen molar-refractivity contribution in [3.05, 3.63) is 0 Å². The quantitative estimate of drug-likeness (QED) is 0.119. The standard InChI is InChI=1S/C33H63N3O8/c1-13-15-23(18-29(3,4)34(39)14-2)43-27(37)26(16-17-42-24-19-30(5,6)35(40)31(7,8)20-24)28(38)44-25-21-32(9,10)36(41)33(11,12)22-25/h23-26,39-41H,13-22H2,1-12H3. The van der Waals surface area contributed by atoms with Gasteiger partial charge in [0.25, 0.3) is 0 Å². The summed E-state index contributed by atoms with van der Waals surface area (Å²) < 4.78 is 18.2. The number of hydroxylamine groups is 6. The molecule has 2 heterocycles. The van der Waals surface area contributed by atoms with Gasteiger partial charge in [-0.1, -0.05) is 20.3 Å². The lowest BCUT2D eigenvalue weighted by molar-refractivity contribution is -0.262. The third-order valence-corrected chi connectivity index (χ3v) is 9.43. The highest BCUT2D eigenvalue weighted by atomic mass is 16.6. The van der Waals surface area contributed by atoms with Crippen molar-refractivity contribution in [2.24, 2.45) is 5.92 Å². The van der Waals surface area contributed by atoms with Gasteiger partial charge in [-0.2, -0.15) is 15.2 Å². The van der Waals surface area contributed by atoms with Gasteiger partial charge < -0.3 is 29.8 Å². The lowest BCUT2D eigenvalue weighted by Gasteiger charge is -2.51. The number of rotatable bonds is 14. The van der Waals surface area contributed by atoms with Crippen molar-refractivity contribution >= 4 is 11.9 Å². The second-order valence-corrected chi connectivity index (χ2v) is 16.2. The Balaban J connectivity index is 2.23. The molecule has 2 rings (SSSR count). The average Bonchev–Trinajstić information content (AvgIpc) is 2.86. The van der Waals surface area contributed by atoms with Crippen LogP contribution in [0.2, 0.25) is 0 Å². The van der Waals surface area contributed by atoms with E-state index in [2.05, 4.69) is 0 Å². The molecule has 0 saturated carbocycles. The number of carbonyl (C=O) groups excluding carboxylic acids is 2. The second kappa shape index (κ2) is 14.6. The first-order valence-electron chi connectivity index (χ1n) is 16.5. The molecule has 2 aliphatic heterocycles. The predicted molar refractivity (Wildman–Crippen MR) is 167 cm³/mol. The van der Waals surface area contributed by atoms with Crippen LogP contribution >= 0.6 is 0 Å². The van der Waals surface area contributed by atoms with E-state index in [1.54, 1.807) is 0 Å². The molecule has 2 saturated heterocycles. The Morgan fingerprint density at radius 1 is 0.818 bits per heavy atom. The van der Waals surface area contributed by atoms with Crippen molar-refractivity contribution in [1.82, 2.24) is 15.2 Å². The van der Waals surface area contributed by atoms with Crippen molar-refractivity contribution in [3.8, 4) is 0 Å². The van der Waals surface area contributed by atoms with Gasteiger partial charge in [0.1, 0.15) is 12.2 Å². The van der Waals surface area contributed by atoms with Gasteiger partial charge in [-0.05, 0) is 94.9 Å². The van der Waals surface area contributed by atoms with E-state index in [1.165, 1.54) is 15.2 Å². The number of esters is 2. The fourth-order valence-electron chi connectivity index (χ4n) is 7.35. The number of carbonyl (C=O) groups is 2. The van der Waals surface area contributed by atoms with Gasteiger partial charge in [0.15, 0.2) is 5.92 Å². The molecule has 0 aromatic heterocycles. The first-order chi connectivity index (χ1) is 20.0. The molecule has 0 aliphatic carbocycles. The summed E-state index contributed by atoms with van der Waals surface area (Å²) in [5.41, 5.74) is -2.88. The highest BCUT2D eigenvalue weighted by Gasteiger charge is 2.48. The fraction of sp³-hybridized carbons (Fsp3) is 0.939. The number of piperidine rings is 2. The molecule has 44 heavy (non-hydrogen) atoms. The number of hydrogen-bond donors (Lipinski definition) is 3. The van der Waals surface area contributed by atoms with Crippen molar-refractivity contribution in [2.75, 3.05) is 13.2 Å². The normalized spacial score (nSPS) is 24.2. The van der Waals surface area contributed by atoms with Crippen molar-refractivity contribution in [1.29, 1.82) is 0 Å². The van der Waals surface area contributed by atoms with Crippen LogP contribution in [0.25, 0.3) is 0 Å². The van der Waals surface area contributed by atoms with Crippen LogP contribution in [0.3, 0.4) is 0 Å². The van der Waals surface area contributed by atoms with E-state index in [1.807, 2.05) is 83.1 Å². The summed E-state index contributed by atoms with van der Waals surface area (Å²) in [6.07, 6.45) is 2.72. The first-order valence-corrected chi connectivity index (χ1v) is 16.5. The minimum Gasteiger partial charge on any atom is -0.462 e. The van der Waals surface area contributed by atoms with E-state index in [0.29, 0.717) is 45.1 Å². The van der Waals surface area contributed by atoms with Crippen molar-refractivity contribution in [2.45, 2.75) is 180 Å². The van der Waals surface area contributed by atoms with Crippen LogP contribution in [-0.4, -0.2) is 102 Å². The zero-order valence-corrected chi connectivity index (χ0v) is 29.6. The van der Waals surface area contributed by atoms with E-state index in [9.17, 15) is 25.2 Å². The van der Waals surface area contributed by atoms with E-state index in [-0.39, 0.29) is 19.1 Å². The van der Waals surface area contributed by atoms with E-state index >= 15 is 0 Å². The maximum Gasteiger partial charge on any atom is 0.320 e. The molecule has 2 atom stereocenters. The molecule has 11 heteroatoms. The van der Waals surface area contributed by atoms with Gasteiger partial charge in [-0.15, -0.1) is 0 Å². The topological polar surface area (TPSA) is 132 Å². The summed E-state index contributed by atoms with van der Waals surface area (Å²) in [7, 11) is 0. The van der Waals surface area contributed by atoms with Crippen molar-refractivity contribution in [3.63, 3.8) is 0 Å². The summed E-state index contributed by atoms with van der Waals surface area (Å²) in [6.45, 7) is 23.6. The summed E-state index contributed by atoms with van der Waals surface area (Å²) in [6, 6.07) is 0. The third-order valence-electron chi connectivity index (χ3n) is 9.43.